The van der Waals surface area contributed by atoms with Gasteiger partial charge in [0.25, 0.3) is 0 Å². The van der Waals surface area contributed by atoms with Crippen LogP contribution in [0.25, 0.3) is 0 Å². The van der Waals surface area contributed by atoms with Crippen LogP contribution in [0.15, 0.2) is 0 Å². The molecule has 0 saturated carbocycles. The van der Waals surface area contributed by atoms with Gasteiger partial charge in [0.05, 0.1) is 0 Å². The third-order valence-electron chi connectivity index (χ3n) is 3.41. The molecular formula is C11H26B2. The number of hydrogen-bond acceptors (Lipinski definition) is 0. The van der Waals surface area contributed by atoms with E-state index < -0.39 is 0 Å². The van der Waals surface area contributed by atoms with Crippen LogP contribution in [-0.4, -0.2) is 14.0 Å². The van der Waals surface area contributed by atoms with E-state index in [0.29, 0.717) is 5.31 Å². The average Bonchev–Trinajstić information content (AvgIpc) is 2.10. The van der Waals surface area contributed by atoms with E-state index in [1.165, 1.54) is 39.0 Å². The Morgan fingerprint density at radius 1 is 1.15 bits per heavy atom. The standard InChI is InChI=1S/C11H26B2/c1-6-9-13(8-3)11(4,5)10-12-7-2/h12H,6-10H2,1-5H3. The smallest absolute Gasteiger partial charge is 0.0803 e. The highest BCUT2D eigenvalue weighted by Gasteiger charge is 2.29. The molecular weight excluding hydrogens is 154 g/mol. The molecule has 0 amide bonds. The zero-order valence-corrected chi connectivity index (χ0v) is 10.3. The molecule has 0 heterocycles. The molecule has 0 bridgehead atoms. The molecule has 0 saturated heterocycles. The van der Waals surface area contributed by atoms with Gasteiger partial charge in [-0.15, -0.1) is 0 Å². The van der Waals surface area contributed by atoms with Crippen molar-refractivity contribution in [3.05, 3.63) is 0 Å². The van der Waals surface area contributed by atoms with Crippen molar-refractivity contribution in [2.24, 2.45) is 0 Å². The van der Waals surface area contributed by atoms with Crippen molar-refractivity contribution in [1.82, 2.24) is 0 Å². The first-order valence-corrected chi connectivity index (χ1v) is 6.08. The normalized spacial score (nSPS) is 11.5. The summed E-state index contributed by atoms with van der Waals surface area (Å²) in [6.45, 7) is 12.8. The summed E-state index contributed by atoms with van der Waals surface area (Å²) in [4.78, 5) is 0. The van der Waals surface area contributed by atoms with Crippen LogP contribution in [0, 0.1) is 0 Å². The first kappa shape index (κ1) is 13.1. The summed E-state index contributed by atoms with van der Waals surface area (Å²) in [6, 6.07) is 0. The van der Waals surface area contributed by atoms with Crippen molar-refractivity contribution in [3.8, 4) is 0 Å². The van der Waals surface area contributed by atoms with E-state index in [-0.39, 0.29) is 0 Å². The molecule has 2 heteroatoms. The van der Waals surface area contributed by atoms with Crippen LogP contribution >= 0.6 is 0 Å². The summed E-state index contributed by atoms with van der Waals surface area (Å²) in [6.07, 6.45) is 6.85. The Labute approximate surface area is 86.2 Å². The van der Waals surface area contributed by atoms with Gasteiger partial charge in [-0.3, -0.25) is 0 Å². The van der Waals surface area contributed by atoms with Gasteiger partial charge in [-0.05, 0) is 0 Å². The van der Waals surface area contributed by atoms with E-state index in [1.54, 1.807) is 0 Å². The fourth-order valence-corrected chi connectivity index (χ4v) is 2.33. The molecule has 0 unspecified atom stereocenters. The first-order valence-electron chi connectivity index (χ1n) is 6.08. The summed E-state index contributed by atoms with van der Waals surface area (Å²) in [5, 5.41) is 0.570. The Balaban J connectivity index is 4.03. The maximum Gasteiger partial charge on any atom is 0.144 e. The molecule has 0 aromatic rings. The van der Waals surface area contributed by atoms with Gasteiger partial charge in [0, 0.05) is 0 Å². The van der Waals surface area contributed by atoms with Gasteiger partial charge in [-0.1, -0.05) is 71.6 Å². The van der Waals surface area contributed by atoms with Crippen LogP contribution < -0.4 is 0 Å². The first-order chi connectivity index (χ1) is 6.08. The molecule has 0 rings (SSSR count). The molecule has 0 N–H and O–H groups in total. The van der Waals surface area contributed by atoms with Gasteiger partial charge >= 0.3 is 0 Å². The molecule has 0 aliphatic heterocycles. The molecule has 76 valence electrons. The van der Waals surface area contributed by atoms with Crippen LogP contribution in [0.3, 0.4) is 0 Å². The second kappa shape index (κ2) is 6.56. The van der Waals surface area contributed by atoms with Crippen molar-refractivity contribution in [2.75, 3.05) is 0 Å². The fourth-order valence-electron chi connectivity index (χ4n) is 2.33. The maximum atomic E-state index is 2.45. The lowest BCUT2D eigenvalue weighted by molar-refractivity contribution is 0.716. The lowest BCUT2D eigenvalue weighted by Gasteiger charge is -2.31. The van der Waals surface area contributed by atoms with Crippen LogP contribution in [0.2, 0.25) is 30.6 Å². The maximum absolute atomic E-state index is 2.45. The summed E-state index contributed by atoms with van der Waals surface area (Å²) in [5.41, 5.74) is 0. The molecule has 0 aromatic heterocycles. The Morgan fingerprint density at radius 3 is 2.15 bits per heavy atom. The molecule has 13 heavy (non-hydrogen) atoms. The van der Waals surface area contributed by atoms with E-state index >= 15 is 0 Å². The van der Waals surface area contributed by atoms with E-state index in [0.717, 1.165) is 6.71 Å². The molecule has 0 atom stereocenters. The van der Waals surface area contributed by atoms with Gasteiger partial charge in [-0.2, -0.15) is 0 Å². The molecule has 0 aliphatic carbocycles. The largest absolute Gasteiger partial charge is 0.144 e. The van der Waals surface area contributed by atoms with Crippen LogP contribution in [-0.2, 0) is 0 Å². The number of hydrogen-bond donors (Lipinski definition) is 0. The van der Waals surface area contributed by atoms with Crippen molar-refractivity contribution in [1.29, 1.82) is 0 Å². The average molecular weight is 180 g/mol. The Kier molecular flexibility index (Phi) is 6.63. The summed E-state index contributed by atoms with van der Waals surface area (Å²) in [5.74, 6) is 0. The number of rotatable bonds is 7. The zero-order chi connectivity index (χ0) is 10.3. The second-order valence-electron chi connectivity index (χ2n) is 4.99. The molecule has 0 radical (unpaired) electrons. The van der Waals surface area contributed by atoms with Crippen molar-refractivity contribution in [2.45, 2.75) is 71.6 Å². The van der Waals surface area contributed by atoms with E-state index in [2.05, 4.69) is 34.6 Å². The predicted molar refractivity (Wildman–Crippen MR) is 67.8 cm³/mol. The molecule has 0 aliphatic rings. The van der Waals surface area contributed by atoms with Crippen molar-refractivity contribution >= 4 is 14.0 Å². The molecule has 0 fully saturated rings. The Morgan fingerprint density at radius 2 is 1.77 bits per heavy atom. The predicted octanol–water partition coefficient (Wildman–Crippen LogP) is 3.98. The van der Waals surface area contributed by atoms with Crippen LogP contribution in [0.5, 0.6) is 0 Å². The van der Waals surface area contributed by atoms with Crippen molar-refractivity contribution < 1.29 is 0 Å². The second-order valence-corrected chi connectivity index (χ2v) is 4.99. The van der Waals surface area contributed by atoms with Crippen LogP contribution in [0.4, 0.5) is 0 Å². The topological polar surface area (TPSA) is 0 Å². The molecule has 0 spiro atoms. The highest BCUT2D eigenvalue weighted by Crippen LogP contribution is 2.37. The van der Waals surface area contributed by atoms with Gasteiger partial charge in [0.2, 0.25) is 0 Å². The molecule has 0 aromatic carbocycles. The van der Waals surface area contributed by atoms with E-state index in [1.807, 2.05) is 0 Å². The quantitative estimate of drug-likeness (QED) is 0.519. The molecule has 0 nitrogen and oxygen atoms in total. The summed E-state index contributed by atoms with van der Waals surface area (Å²) < 4.78 is 0. The minimum Gasteiger partial charge on any atom is -0.0803 e. The SMILES string of the molecule is CCBCC(C)(C)B(CC)CCC. The lowest BCUT2D eigenvalue weighted by atomic mass is 9.28. The minimum absolute atomic E-state index is 0.570. The van der Waals surface area contributed by atoms with Crippen molar-refractivity contribution in [3.63, 3.8) is 0 Å². The van der Waals surface area contributed by atoms with Gasteiger partial charge < -0.3 is 0 Å². The lowest BCUT2D eigenvalue weighted by Crippen LogP contribution is -2.27. The summed E-state index contributed by atoms with van der Waals surface area (Å²) >= 11 is 0. The fraction of sp³-hybridized carbons (Fsp3) is 1.00. The van der Waals surface area contributed by atoms with Gasteiger partial charge in [0.1, 0.15) is 14.0 Å². The van der Waals surface area contributed by atoms with Gasteiger partial charge in [-0.25, -0.2) is 0 Å². The van der Waals surface area contributed by atoms with Crippen LogP contribution in [0.1, 0.15) is 41.0 Å². The highest BCUT2D eigenvalue weighted by molar-refractivity contribution is 6.63. The third-order valence-corrected chi connectivity index (χ3v) is 3.41. The zero-order valence-electron chi connectivity index (χ0n) is 10.3. The Bertz CT molecular complexity index is 121. The summed E-state index contributed by atoms with van der Waals surface area (Å²) in [7, 11) is 1.40. The Hall–Kier alpha value is 0.130. The van der Waals surface area contributed by atoms with Gasteiger partial charge in [0.15, 0.2) is 0 Å². The monoisotopic (exact) mass is 180 g/mol. The minimum atomic E-state index is 0.570. The van der Waals surface area contributed by atoms with E-state index in [4.69, 9.17) is 0 Å². The highest BCUT2D eigenvalue weighted by atomic mass is 14.1. The third kappa shape index (κ3) is 4.78. The van der Waals surface area contributed by atoms with E-state index in [9.17, 15) is 0 Å².